The number of likely N-dealkylation sites (tertiary alicyclic amines) is 2. The van der Waals surface area contributed by atoms with Gasteiger partial charge in [0.2, 0.25) is 11.8 Å². The van der Waals surface area contributed by atoms with Gasteiger partial charge in [0.15, 0.2) is 0 Å². The van der Waals surface area contributed by atoms with Crippen LogP contribution in [0.2, 0.25) is 0 Å². The molecule has 1 aromatic heterocycles. The van der Waals surface area contributed by atoms with Gasteiger partial charge in [-0.2, -0.15) is 13.2 Å². The Balaban J connectivity index is 0.000000454. The molecular weight excluding hydrogens is 482 g/mol. The summed E-state index contributed by atoms with van der Waals surface area (Å²) in [5.41, 5.74) is 1.91. The van der Waals surface area contributed by atoms with Gasteiger partial charge in [0.25, 0.3) is 0 Å². The van der Waals surface area contributed by atoms with Crippen molar-refractivity contribution in [3.63, 3.8) is 0 Å². The van der Waals surface area contributed by atoms with Crippen LogP contribution in [0, 0.1) is 11.2 Å². The molecule has 0 radical (unpaired) electrons. The van der Waals surface area contributed by atoms with Crippen LogP contribution in [0.5, 0.6) is 0 Å². The molecule has 1 spiro atoms. The van der Waals surface area contributed by atoms with E-state index in [4.69, 9.17) is 9.90 Å². The fourth-order valence-corrected chi connectivity index (χ4v) is 4.46. The number of nitrogens with zero attached hydrogens (tertiary/aromatic N) is 3. The lowest BCUT2D eigenvalue weighted by Crippen LogP contribution is -2.45. The number of aromatic nitrogens is 1. The lowest BCUT2D eigenvalue weighted by molar-refractivity contribution is -0.192. The molecule has 0 unspecified atom stereocenters. The number of carbonyl (C=O) groups is 3. The van der Waals surface area contributed by atoms with Crippen molar-refractivity contribution in [3.8, 4) is 0 Å². The fraction of sp³-hybridized carbons (Fsp3) is 0.440. The number of hydrogen-bond acceptors (Lipinski definition) is 4. The average Bonchev–Trinajstić information content (AvgIpc) is 3.25. The molecule has 2 aliphatic heterocycles. The number of carboxylic acids is 1. The summed E-state index contributed by atoms with van der Waals surface area (Å²) in [6, 6.07) is 9.91. The van der Waals surface area contributed by atoms with Crippen LogP contribution in [-0.2, 0) is 27.2 Å². The Kier molecular flexibility index (Phi) is 8.65. The number of alkyl halides is 3. The molecule has 0 atom stereocenters. The van der Waals surface area contributed by atoms with Gasteiger partial charge in [-0.05, 0) is 54.0 Å². The van der Waals surface area contributed by atoms with E-state index in [1.807, 2.05) is 21.9 Å². The fourth-order valence-electron chi connectivity index (χ4n) is 4.46. The Bertz CT molecular complexity index is 1050. The molecule has 3 heterocycles. The molecule has 2 saturated heterocycles. The van der Waals surface area contributed by atoms with Gasteiger partial charge in [-0.25, -0.2) is 9.18 Å². The van der Waals surface area contributed by atoms with E-state index in [-0.39, 0.29) is 23.0 Å². The second-order valence-corrected chi connectivity index (χ2v) is 9.09. The molecule has 36 heavy (non-hydrogen) atoms. The summed E-state index contributed by atoms with van der Waals surface area (Å²) in [6.45, 7) is 3.03. The summed E-state index contributed by atoms with van der Waals surface area (Å²) in [5, 5.41) is 7.12. The van der Waals surface area contributed by atoms with Crippen molar-refractivity contribution in [2.45, 2.75) is 38.3 Å². The molecule has 2 aliphatic rings. The highest BCUT2D eigenvalue weighted by atomic mass is 19.4. The minimum absolute atomic E-state index is 0.101. The van der Waals surface area contributed by atoms with E-state index < -0.39 is 12.1 Å². The summed E-state index contributed by atoms with van der Waals surface area (Å²) in [6.07, 6.45) is 1.94. The molecule has 4 rings (SSSR count). The third-order valence-electron chi connectivity index (χ3n) is 6.56. The number of aliphatic carboxylic acids is 1. The number of amides is 2. The van der Waals surface area contributed by atoms with Crippen molar-refractivity contribution in [3.05, 3.63) is 65.7 Å². The molecule has 2 amide bonds. The Labute approximate surface area is 205 Å². The number of rotatable bonds is 4. The maximum Gasteiger partial charge on any atom is 0.490 e. The van der Waals surface area contributed by atoms with Crippen LogP contribution in [0.3, 0.4) is 0 Å². The van der Waals surface area contributed by atoms with Crippen molar-refractivity contribution >= 4 is 17.8 Å². The highest BCUT2D eigenvalue weighted by molar-refractivity contribution is 5.79. The molecular formula is C25H27F4N3O4. The Morgan fingerprint density at radius 1 is 0.889 bits per heavy atom. The van der Waals surface area contributed by atoms with E-state index in [1.54, 1.807) is 24.5 Å². The highest BCUT2D eigenvalue weighted by Crippen LogP contribution is 2.40. The molecule has 194 valence electrons. The highest BCUT2D eigenvalue weighted by Gasteiger charge is 2.42. The van der Waals surface area contributed by atoms with E-state index >= 15 is 0 Å². The van der Waals surface area contributed by atoms with Crippen LogP contribution < -0.4 is 0 Å². The largest absolute Gasteiger partial charge is 0.490 e. The van der Waals surface area contributed by atoms with Crippen molar-refractivity contribution < 1.29 is 37.1 Å². The first-order valence-corrected chi connectivity index (χ1v) is 11.5. The molecule has 11 heteroatoms. The summed E-state index contributed by atoms with van der Waals surface area (Å²) in [5.74, 6) is -2.79. The number of hydrogen-bond donors (Lipinski definition) is 1. The van der Waals surface area contributed by atoms with Crippen LogP contribution in [-0.4, -0.2) is 70.0 Å². The maximum absolute atomic E-state index is 13.0. The van der Waals surface area contributed by atoms with Crippen LogP contribution >= 0.6 is 0 Å². The third-order valence-corrected chi connectivity index (χ3v) is 6.56. The normalized spacial score (nSPS) is 16.9. The van der Waals surface area contributed by atoms with E-state index in [0.29, 0.717) is 12.8 Å². The number of benzene rings is 1. The molecule has 2 fully saturated rings. The predicted octanol–water partition coefficient (Wildman–Crippen LogP) is 3.48. The van der Waals surface area contributed by atoms with Crippen LogP contribution in [0.4, 0.5) is 17.6 Å². The smallest absolute Gasteiger partial charge is 0.475 e. The molecule has 0 aliphatic carbocycles. The van der Waals surface area contributed by atoms with E-state index in [2.05, 4.69) is 4.98 Å². The van der Waals surface area contributed by atoms with Crippen LogP contribution in [0.25, 0.3) is 0 Å². The summed E-state index contributed by atoms with van der Waals surface area (Å²) in [4.78, 5) is 42.1. The standard InChI is InChI=1S/C23H26FN3O2.C2HF3O2/c24-20-5-3-18(4-6-20)14-22(29)27-13-9-23(17-27)7-11-26(12-8-23)21(28)15-19-2-1-10-25-16-19;3-2(4,5)1(6)7/h1-6,10,16H,7-9,11-15,17H2;(H,6,7). The van der Waals surface area contributed by atoms with Crippen LogP contribution in [0.15, 0.2) is 48.8 Å². The monoisotopic (exact) mass is 509 g/mol. The second-order valence-electron chi connectivity index (χ2n) is 9.09. The van der Waals surface area contributed by atoms with Crippen molar-refractivity contribution in [2.24, 2.45) is 5.41 Å². The van der Waals surface area contributed by atoms with Gasteiger partial charge in [0, 0.05) is 38.6 Å². The average molecular weight is 510 g/mol. The number of piperidine rings is 1. The van der Waals surface area contributed by atoms with Crippen molar-refractivity contribution in [1.29, 1.82) is 0 Å². The summed E-state index contributed by atoms with van der Waals surface area (Å²) >= 11 is 0. The maximum atomic E-state index is 13.0. The zero-order chi connectivity index (χ0) is 26.3. The predicted molar refractivity (Wildman–Crippen MR) is 121 cm³/mol. The first-order valence-electron chi connectivity index (χ1n) is 11.5. The minimum Gasteiger partial charge on any atom is -0.475 e. The van der Waals surface area contributed by atoms with Crippen LogP contribution in [0.1, 0.15) is 30.4 Å². The molecule has 0 saturated carbocycles. The minimum atomic E-state index is -5.08. The van der Waals surface area contributed by atoms with Gasteiger partial charge in [0.05, 0.1) is 12.8 Å². The van der Waals surface area contributed by atoms with E-state index in [0.717, 1.165) is 56.6 Å². The summed E-state index contributed by atoms with van der Waals surface area (Å²) < 4.78 is 44.8. The molecule has 1 aromatic carbocycles. The molecule has 2 aromatic rings. The topological polar surface area (TPSA) is 90.8 Å². The van der Waals surface area contributed by atoms with E-state index in [1.165, 1.54) is 12.1 Å². The zero-order valence-corrected chi connectivity index (χ0v) is 19.5. The van der Waals surface area contributed by atoms with Gasteiger partial charge in [-0.1, -0.05) is 18.2 Å². The molecule has 1 N–H and O–H groups in total. The first-order chi connectivity index (χ1) is 17.0. The van der Waals surface area contributed by atoms with Crippen molar-refractivity contribution in [2.75, 3.05) is 26.2 Å². The number of pyridine rings is 1. The number of carbonyl (C=O) groups excluding carboxylic acids is 2. The van der Waals surface area contributed by atoms with Crippen molar-refractivity contribution in [1.82, 2.24) is 14.8 Å². The third kappa shape index (κ3) is 7.50. The zero-order valence-electron chi connectivity index (χ0n) is 19.5. The molecule has 0 bridgehead atoms. The Morgan fingerprint density at radius 2 is 1.42 bits per heavy atom. The number of halogens is 4. The Hall–Kier alpha value is -3.50. The Morgan fingerprint density at radius 3 is 1.94 bits per heavy atom. The number of carboxylic acid groups (broad SMARTS) is 1. The summed E-state index contributed by atoms with van der Waals surface area (Å²) in [7, 11) is 0. The van der Waals surface area contributed by atoms with Gasteiger partial charge in [-0.15, -0.1) is 0 Å². The SMILES string of the molecule is O=C(Cc1cccnc1)N1CCC2(CC1)CCN(C(=O)Cc1ccc(F)cc1)C2.O=C(O)C(F)(F)F. The lowest BCUT2D eigenvalue weighted by atomic mass is 9.77. The van der Waals surface area contributed by atoms with Gasteiger partial charge in [0.1, 0.15) is 5.82 Å². The van der Waals surface area contributed by atoms with E-state index in [9.17, 15) is 27.2 Å². The molecule has 7 nitrogen and oxygen atoms in total. The first kappa shape index (κ1) is 27.1. The van der Waals surface area contributed by atoms with Gasteiger partial charge >= 0.3 is 12.1 Å². The second kappa shape index (κ2) is 11.5. The quantitative estimate of drug-likeness (QED) is 0.638. The van der Waals surface area contributed by atoms with Gasteiger partial charge in [-0.3, -0.25) is 14.6 Å². The van der Waals surface area contributed by atoms with Gasteiger partial charge < -0.3 is 14.9 Å². The lowest BCUT2D eigenvalue weighted by Gasteiger charge is -2.39.